The predicted octanol–water partition coefficient (Wildman–Crippen LogP) is 0.684. The third-order valence-corrected chi connectivity index (χ3v) is 2.69. The third kappa shape index (κ3) is 1.71. The summed E-state index contributed by atoms with van der Waals surface area (Å²) in [6.07, 6.45) is 1.24. The molecular formula is C11H9BFNO3. The van der Waals surface area contributed by atoms with Gasteiger partial charge in [0.2, 0.25) is 0 Å². The molecule has 17 heavy (non-hydrogen) atoms. The number of benzene rings is 1. The van der Waals surface area contributed by atoms with Crippen LogP contribution in [0.3, 0.4) is 0 Å². The summed E-state index contributed by atoms with van der Waals surface area (Å²) in [6.45, 7) is 1.90. The first-order valence-electron chi connectivity index (χ1n) is 5.12. The van der Waals surface area contributed by atoms with Gasteiger partial charge in [0.15, 0.2) is 7.28 Å². The summed E-state index contributed by atoms with van der Waals surface area (Å²) >= 11 is 0. The Labute approximate surface area is 96.7 Å². The van der Waals surface area contributed by atoms with E-state index in [1.807, 2.05) is 6.82 Å². The number of Topliss-reactive ketones (excluding diaryl/α,β-unsaturated/α-hetero) is 1. The molecule has 4 nitrogen and oxygen atoms in total. The molecule has 1 heterocycles. The summed E-state index contributed by atoms with van der Waals surface area (Å²) in [5.74, 6) is -3.29. The maximum Gasteiger partial charge on any atom is 0.377 e. The maximum absolute atomic E-state index is 13.7. The van der Waals surface area contributed by atoms with E-state index >= 15 is 0 Å². The number of aromatic nitrogens is 1. The quantitative estimate of drug-likeness (QED) is 0.465. The molecular weight excluding hydrogens is 224 g/mol. The zero-order chi connectivity index (χ0) is 12.6. The average Bonchev–Trinajstić information content (AvgIpc) is 2.74. The molecule has 0 unspecified atom stereocenters. The summed E-state index contributed by atoms with van der Waals surface area (Å²) in [7, 11) is 0.665. The van der Waals surface area contributed by atoms with E-state index in [0.29, 0.717) is 12.8 Å². The predicted molar refractivity (Wildman–Crippen MR) is 62.9 cm³/mol. The molecule has 1 aromatic carbocycles. The molecule has 0 fully saturated rings. The van der Waals surface area contributed by atoms with Crippen molar-refractivity contribution in [3.8, 4) is 0 Å². The Bertz CT molecular complexity index is 620. The number of hydrogen-bond donors (Lipinski definition) is 2. The van der Waals surface area contributed by atoms with Crippen LogP contribution in [0.25, 0.3) is 10.9 Å². The summed E-state index contributed by atoms with van der Waals surface area (Å²) in [4.78, 5) is 24.8. The summed E-state index contributed by atoms with van der Waals surface area (Å²) in [6, 6.07) is 2.86. The lowest BCUT2D eigenvalue weighted by molar-refractivity contribution is -0.131. The minimum absolute atomic E-state index is 0.0525. The number of carbonyl (C=O) groups excluding carboxylic acids is 1. The second-order valence-corrected chi connectivity index (χ2v) is 3.65. The number of carboxylic acids is 1. The lowest BCUT2D eigenvalue weighted by Crippen LogP contribution is -2.14. The fourth-order valence-electron chi connectivity index (χ4n) is 1.85. The smallest absolute Gasteiger partial charge is 0.377 e. The number of ketones is 1. The van der Waals surface area contributed by atoms with Crippen molar-refractivity contribution in [1.29, 1.82) is 0 Å². The standard InChI is InChI=1S/C11H9BFNO3/c1-12-6-2-3-7(13)8-5(4-14-9(6)8)10(15)11(16)17/h2-4,12,14H,1H3,(H,16,17). The van der Waals surface area contributed by atoms with Crippen molar-refractivity contribution in [3.63, 3.8) is 0 Å². The van der Waals surface area contributed by atoms with E-state index in [-0.39, 0.29) is 10.9 Å². The normalized spacial score (nSPS) is 10.5. The number of H-pyrrole nitrogens is 1. The van der Waals surface area contributed by atoms with E-state index in [2.05, 4.69) is 4.98 Å². The van der Waals surface area contributed by atoms with Gasteiger partial charge in [-0.05, 0) is 6.07 Å². The largest absolute Gasteiger partial charge is 0.475 e. The molecule has 0 aliphatic carbocycles. The van der Waals surface area contributed by atoms with Gasteiger partial charge in [0.05, 0.1) is 5.56 Å². The Balaban J connectivity index is 2.76. The first-order chi connectivity index (χ1) is 8.06. The molecule has 0 radical (unpaired) electrons. The number of aliphatic carboxylic acids is 1. The van der Waals surface area contributed by atoms with E-state index < -0.39 is 17.6 Å². The molecule has 0 atom stereocenters. The fraction of sp³-hybridized carbons (Fsp3) is 0.0909. The Morgan fingerprint density at radius 3 is 2.71 bits per heavy atom. The van der Waals surface area contributed by atoms with Crippen molar-refractivity contribution in [3.05, 3.63) is 29.7 Å². The highest BCUT2D eigenvalue weighted by Crippen LogP contribution is 2.20. The SMILES string of the molecule is CBc1ccc(F)c2c(C(=O)C(=O)O)c[nH]c12. The van der Waals surface area contributed by atoms with Gasteiger partial charge in [-0.1, -0.05) is 18.4 Å². The van der Waals surface area contributed by atoms with Crippen LogP contribution in [0.1, 0.15) is 10.4 Å². The summed E-state index contributed by atoms with van der Waals surface area (Å²) in [5.41, 5.74) is 1.18. The van der Waals surface area contributed by atoms with Crippen LogP contribution in [-0.4, -0.2) is 29.1 Å². The Morgan fingerprint density at radius 1 is 1.41 bits per heavy atom. The number of carboxylic acid groups (broad SMARTS) is 1. The van der Waals surface area contributed by atoms with Crippen LogP contribution in [0.5, 0.6) is 0 Å². The number of halogens is 1. The number of fused-ring (bicyclic) bond motifs is 1. The zero-order valence-electron chi connectivity index (χ0n) is 9.08. The van der Waals surface area contributed by atoms with Gasteiger partial charge in [0.1, 0.15) is 5.82 Å². The van der Waals surface area contributed by atoms with E-state index in [1.54, 1.807) is 6.07 Å². The summed E-state index contributed by atoms with van der Waals surface area (Å²) in [5, 5.41) is 8.70. The van der Waals surface area contributed by atoms with Crippen molar-refractivity contribution in [2.45, 2.75) is 6.82 Å². The Morgan fingerprint density at radius 2 is 2.12 bits per heavy atom. The highest BCUT2D eigenvalue weighted by Gasteiger charge is 2.21. The van der Waals surface area contributed by atoms with Gasteiger partial charge in [-0.3, -0.25) is 4.79 Å². The Hall–Kier alpha value is -2.11. The van der Waals surface area contributed by atoms with Gasteiger partial charge in [-0.25, -0.2) is 9.18 Å². The van der Waals surface area contributed by atoms with Gasteiger partial charge >= 0.3 is 5.97 Å². The van der Waals surface area contributed by atoms with Crippen LogP contribution in [0.2, 0.25) is 6.82 Å². The van der Waals surface area contributed by atoms with Gasteiger partial charge in [0, 0.05) is 17.1 Å². The van der Waals surface area contributed by atoms with Crippen molar-refractivity contribution in [1.82, 2.24) is 4.98 Å². The average molecular weight is 233 g/mol. The van der Waals surface area contributed by atoms with Gasteiger partial charge < -0.3 is 10.1 Å². The van der Waals surface area contributed by atoms with Crippen LogP contribution in [0.4, 0.5) is 4.39 Å². The molecule has 86 valence electrons. The molecule has 2 N–H and O–H groups in total. The van der Waals surface area contributed by atoms with Crippen LogP contribution in [0.15, 0.2) is 18.3 Å². The highest BCUT2D eigenvalue weighted by atomic mass is 19.1. The van der Waals surface area contributed by atoms with E-state index in [4.69, 9.17) is 5.11 Å². The van der Waals surface area contributed by atoms with E-state index in [1.165, 1.54) is 12.3 Å². The first kappa shape index (κ1) is 11.4. The molecule has 2 aromatic rings. The minimum atomic E-state index is -1.59. The molecule has 6 heteroatoms. The van der Waals surface area contributed by atoms with Crippen LogP contribution < -0.4 is 5.46 Å². The Kier molecular flexibility index (Phi) is 2.71. The highest BCUT2D eigenvalue weighted by molar-refractivity contribution is 6.56. The minimum Gasteiger partial charge on any atom is -0.475 e. The molecule has 1 aromatic heterocycles. The number of hydrogen-bond acceptors (Lipinski definition) is 2. The molecule has 0 saturated carbocycles. The van der Waals surface area contributed by atoms with Crippen molar-refractivity contribution < 1.29 is 19.1 Å². The first-order valence-corrected chi connectivity index (χ1v) is 5.12. The second-order valence-electron chi connectivity index (χ2n) is 3.65. The van der Waals surface area contributed by atoms with Crippen LogP contribution in [0, 0.1) is 5.82 Å². The zero-order valence-corrected chi connectivity index (χ0v) is 9.08. The molecule has 0 aliphatic heterocycles. The van der Waals surface area contributed by atoms with Crippen LogP contribution in [-0.2, 0) is 4.79 Å². The summed E-state index contributed by atoms with van der Waals surface area (Å²) < 4.78 is 13.7. The lowest BCUT2D eigenvalue weighted by atomic mass is 9.72. The molecule has 2 rings (SSSR count). The van der Waals surface area contributed by atoms with Crippen molar-refractivity contribution in [2.75, 3.05) is 0 Å². The molecule has 0 aliphatic rings. The second kappa shape index (κ2) is 4.05. The number of aromatic amines is 1. The molecule has 0 bridgehead atoms. The van der Waals surface area contributed by atoms with Gasteiger partial charge in [0.25, 0.3) is 5.78 Å². The lowest BCUT2D eigenvalue weighted by Gasteiger charge is -2.01. The number of nitrogens with one attached hydrogen (secondary N) is 1. The van der Waals surface area contributed by atoms with Gasteiger partial charge in [-0.15, -0.1) is 0 Å². The van der Waals surface area contributed by atoms with Crippen molar-refractivity contribution >= 4 is 35.4 Å². The van der Waals surface area contributed by atoms with E-state index in [0.717, 1.165) is 5.46 Å². The fourth-order valence-corrected chi connectivity index (χ4v) is 1.85. The van der Waals surface area contributed by atoms with Crippen LogP contribution >= 0.6 is 0 Å². The topological polar surface area (TPSA) is 70.2 Å². The molecule has 0 spiro atoms. The molecule has 0 saturated heterocycles. The van der Waals surface area contributed by atoms with Gasteiger partial charge in [-0.2, -0.15) is 0 Å². The number of carbonyl (C=O) groups is 2. The number of rotatable bonds is 3. The molecule has 0 amide bonds. The maximum atomic E-state index is 13.7. The van der Waals surface area contributed by atoms with Crippen molar-refractivity contribution in [2.24, 2.45) is 0 Å². The third-order valence-electron chi connectivity index (χ3n) is 2.69. The monoisotopic (exact) mass is 233 g/mol. The van der Waals surface area contributed by atoms with E-state index in [9.17, 15) is 14.0 Å².